The van der Waals surface area contributed by atoms with Crippen LogP contribution in [0.2, 0.25) is 0 Å². The maximum Gasteiger partial charge on any atom is 0.359 e. The number of sulfone groups is 1. The van der Waals surface area contributed by atoms with Gasteiger partial charge in [0.1, 0.15) is 11.5 Å². The molecule has 1 amide bonds. The van der Waals surface area contributed by atoms with Gasteiger partial charge in [-0.2, -0.15) is 5.10 Å². The van der Waals surface area contributed by atoms with Crippen LogP contribution in [0.3, 0.4) is 0 Å². The number of carbonyl (C=O) groups is 2. The van der Waals surface area contributed by atoms with Gasteiger partial charge in [-0.25, -0.2) is 18.2 Å². The summed E-state index contributed by atoms with van der Waals surface area (Å²) in [7, 11) is -3.17. The van der Waals surface area contributed by atoms with Gasteiger partial charge in [-0.05, 0) is 18.6 Å². The topological polar surface area (TPSA) is 112 Å². The number of esters is 1. The molecule has 26 heavy (non-hydrogen) atoms. The van der Waals surface area contributed by atoms with Crippen molar-refractivity contribution >= 4 is 27.4 Å². The largest absolute Gasteiger partial charge is 0.454 e. The summed E-state index contributed by atoms with van der Waals surface area (Å²) in [5.41, 5.74) is 0.0894. The molecule has 1 aromatic carbocycles. The molecule has 0 bridgehead atoms. The molecule has 4 rings (SSSR count). The van der Waals surface area contributed by atoms with E-state index in [1.165, 1.54) is 6.07 Å². The number of hydrogen-bond donors (Lipinski definition) is 0. The summed E-state index contributed by atoms with van der Waals surface area (Å²) in [5, 5.41) is 5.21. The first kappa shape index (κ1) is 16.8. The molecule has 1 aromatic rings. The Balaban J connectivity index is 1.50. The van der Waals surface area contributed by atoms with Crippen molar-refractivity contribution < 1.29 is 32.2 Å². The van der Waals surface area contributed by atoms with E-state index in [1.54, 1.807) is 12.1 Å². The third kappa shape index (κ3) is 3.24. The highest BCUT2D eigenvalue weighted by molar-refractivity contribution is 7.91. The smallest absolute Gasteiger partial charge is 0.359 e. The Labute approximate surface area is 149 Å². The van der Waals surface area contributed by atoms with E-state index < -0.39 is 21.8 Å². The fraction of sp³-hybridized carbons (Fsp3) is 0.438. The standard InChI is InChI=1S/C16H16N2O7S/c19-15-4-2-12(17-18(15)10-5-6-26(21,22)8-10)16(20)25-11-1-3-13-14(7-11)24-9-23-13/h1,3,7,10H,2,4-6,8-9H2/t10-/m0/s1. The lowest BCUT2D eigenvalue weighted by Crippen LogP contribution is -2.42. The van der Waals surface area contributed by atoms with Gasteiger partial charge in [-0.1, -0.05) is 0 Å². The van der Waals surface area contributed by atoms with E-state index in [9.17, 15) is 18.0 Å². The van der Waals surface area contributed by atoms with Crippen LogP contribution >= 0.6 is 0 Å². The Morgan fingerprint density at radius 1 is 1.23 bits per heavy atom. The van der Waals surface area contributed by atoms with Gasteiger partial charge >= 0.3 is 5.97 Å². The van der Waals surface area contributed by atoms with Crippen molar-refractivity contribution in [3.05, 3.63) is 18.2 Å². The number of hydrogen-bond acceptors (Lipinski definition) is 8. The first-order valence-corrected chi connectivity index (χ1v) is 9.95. The van der Waals surface area contributed by atoms with Crippen molar-refractivity contribution in [3.8, 4) is 17.2 Å². The monoisotopic (exact) mass is 380 g/mol. The van der Waals surface area contributed by atoms with Crippen LogP contribution in [-0.4, -0.2) is 55.4 Å². The Morgan fingerprint density at radius 3 is 2.81 bits per heavy atom. The van der Waals surface area contributed by atoms with Crippen LogP contribution in [0.15, 0.2) is 23.3 Å². The summed E-state index contributed by atoms with van der Waals surface area (Å²) in [6.45, 7) is 0.112. The maximum atomic E-state index is 12.4. The minimum absolute atomic E-state index is 0.0218. The van der Waals surface area contributed by atoms with Crippen LogP contribution in [-0.2, 0) is 19.4 Å². The summed E-state index contributed by atoms with van der Waals surface area (Å²) in [6.07, 6.45) is 0.561. The number of rotatable bonds is 3. The Kier molecular flexibility index (Phi) is 4.06. The number of nitrogens with zero attached hydrogens (tertiary/aromatic N) is 2. The van der Waals surface area contributed by atoms with E-state index in [1.807, 2.05) is 0 Å². The van der Waals surface area contributed by atoms with Crippen molar-refractivity contribution in [3.63, 3.8) is 0 Å². The molecule has 10 heteroatoms. The van der Waals surface area contributed by atoms with Crippen molar-refractivity contribution in [2.24, 2.45) is 5.10 Å². The molecule has 1 saturated heterocycles. The molecule has 0 unspecified atom stereocenters. The number of benzene rings is 1. The number of carbonyl (C=O) groups excluding carboxylic acids is 2. The average Bonchev–Trinajstić information content (AvgIpc) is 3.20. The Hall–Kier alpha value is -2.62. The predicted molar refractivity (Wildman–Crippen MR) is 88.8 cm³/mol. The normalized spacial score (nSPS) is 23.7. The van der Waals surface area contributed by atoms with Gasteiger partial charge < -0.3 is 14.2 Å². The van der Waals surface area contributed by atoms with Gasteiger partial charge in [0.05, 0.1) is 17.5 Å². The van der Waals surface area contributed by atoms with E-state index in [2.05, 4.69) is 5.10 Å². The summed E-state index contributed by atoms with van der Waals surface area (Å²) in [4.78, 5) is 24.5. The summed E-state index contributed by atoms with van der Waals surface area (Å²) >= 11 is 0. The summed E-state index contributed by atoms with van der Waals surface area (Å²) in [5.74, 6) is 0.247. The van der Waals surface area contributed by atoms with Gasteiger partial charge in [0, 0.05) is 18.9 Å². The highest BCUT2D eigenvalue weighted by Gasteiger charge is 2.37. The van der Waals surface area contributed by atoms with Gasteiger partial charge in [0.2, 0.25) is 12.7 Å². The first-order valence-electron chi connectivity index (χ1n) is 8.13. The van der Waals surface area contributed by atoms with Crippen molar-refractivity contribution in [1.29, 1.82) is 0 Å². The maximum absolute atomic E-state index is 12.4. The number of ether oxygens (including phenoxy) is 3. The first-order chi connectivity index (χ1) is 12.4. The Morgan fingerprint density at radius 2 is 2.04 bits per heavy atom. The zero-order chi connectivity index (χ0) is 18.3. The quantitative estimate of drug-likeness (QED) is 0.554. The van der Waals surface area contributed by atoms with Gasteiger partial charge in [0.15, 0.2) is 21.3 Å². The number of amides is 1. The van der Waals surface area contributed by atoms with E-state index in [0.29, 0.717) is 17.9 Å². The van der Waals surface area contributed by atoms with E-state index in [0.717, 1.165) is 5.01 Å². The third-order valence-corrected chi connectivity index (χ3v) is 6.15. The average molecular weight is 380 g/mol. The Bertz CT molecular complexity index is 909. The molecule has 138 valence electrons. The van der Waals surface area contributed by atoms with Crippen LogP contribution < -0.4 is 14.2 Å². The second kappa shape index (κ2) is 6.27. The van der Waals surface area contributed by atoms with E-state index in [-0.39, 0.29) is 48.5 Å². The molecule has 9 nitrogen and oxygen atoms in total. The molecular formula is C16H16N2O7S. The molecule has 3 aliphatic rings. The SMILES string of the molecule is O=C(Oc1ccc2c(c1)OCO2)C1=NN([C@H]2CCS(=O)(=O)C2)C(=O)CC1. The second-order valence-electron chi connectivity index (χ2n) is 6.25. The van der Waals surface area contributed by atoms with Crippen molar-refractivity contribution in [2.45, 2.75) is 25.3 Å². The van der Waals surface area contributed by atoms with Gasteiger partial charge in [-0.15, -0.1) is 0 Å². The van der Waals surface area contributed by atoms with Gasteiger partial charge in [0.25, 0.3) is 0 Å². The molecule has 0 radical (unpaired) electrons. The second-order valence-corrected chi connectivity index (χ2v) is 8.48. The molecule has 0 aliphatic carbocycles. The predicted octanol–water partition coefficient (Wildman–Crippen LogP) is 0.486. The molecule has 0 saturated carbocycles. The summed E-state index contributed by atoms with van der Waals surface area (Å²) in [6, 6.07) is 4.21. The van der Waals surface area contributed by atoms with Gasteiger partial charge in [-0.3, -0.25) is 4.79 Å². The highest BCUT2D eigenvalue weighted by Crippen LogP contribution is 2.35. The lowest BCUT2D eigenvalue weighted by molar-refractivity contribution is -0.134. The fourth-order valence-corrected chi connectivity index (χ4v) is 4.77. The highest BCUT2D eigenvalue weighted by atomic mass is 32.2. The minimum atomic E-state index is -3.17. The molecule has 0 spiro atoms. The molecule has 1 fully saturated rings. The van der Waals surface area contributed by atoms with Crippen LogP contribution in [0.25, 0.3) is 0 Å². The van der Waals surface area contributed by atoms with Crippen LogP contribution in [0.4, 0.5) is 0 Å². The minimum Gasteiger partial charge on any atom is -0.454 e. The number of hydrazone groups is 1. The zero-order valence-corrected chi connectivity index (χ0v) is 14.5. The van der Waals surface area contributed by atoms with Crippen LogP contribution in [0.5, 0.6) is 17.2 Å². The lowest BCUT2D eigenvalue weighted by Gasteiger charge is -2.27. The molecule has 3 heterocycles. The third-order valence-electron chi connectivity index (χ3n) is 4.40. The molecular weight excluding hydrogens is 364 g/mol. The lowest BCUT2D eigenvalue weighted by atomic mass is 10.1. The van der Waals surface area contributed by atoms with Crippen LogP contribution in [0, 0.1) is 0 Å². The van der Waals surface area contributed by atoms with Crippen molar-refractivity contribution in [2.75, 3.05) is 18.3 Å². The zero-order valence-electron chi connectivity index (χ0n) is 13.7. The molecule has 0 aromatic heterocycles. The van der Waals surface area contributed by atoms with Crippen LogP contribution in [0.1, 0.15) is 19.3 Å². The summed E-state index contributed by atoms with van der Waals surface area (Å²) < 4.78 is 39.0. The van der Waals surface area contributed by atoms with E-state index >= 15 is 0 Å². The molecule has 0 N–H and O–H groups in total. The molecule has 1 atom stereocenters. The van der Waals surface area contributed by atoms with E-state index in [4.69, 9.17) is 14.2 Å². The number of fused-ring (bicyclic) bond motifs is 1. The fourth-order valence-electron chi connectivity index (χ4n) is 3.08. The van der Waals surface area contributed by atoms with Crippen molar-refractivity contribution in [1.82, 2.24) is 5.01 Å². The molecule has 3 aliphatic heterocycles.